The summed E-state index contributed by atoms with van der Waals surface area (Å²) in [4.78, 5) is 6.64. The topological polar surface area (TPSA) is 39.7 Å². The van der Waals surface area contributed by atoms with Crippen LogP contribution in [0.1, 0.15) is 38.7 Å². The van der Waals surface area contributed by atoms with Gasteiger partial charge in [-0.2, -0.15) is 0 Å². The summed E-state index contributed by atoms with van der Waals surface area (Å²) in [6, 6.07) is 7.56. The Bertz CT molecular complexity index is 560. The monoisotopic (exact) mass is 462 g/mol. The predicted molar refractivity (Wildman–Crippen MR) is 114 cm³/mol. The number of nitrogens with one attached hydrogen (secondary N) is 2. The fourth-order valence-electron chi connectivity index (χ4n) is 2.89. The van der Waals surface area contributed by atoms with Crippen LogP contribution in [-0.4, -0.2) is 50.6 Å². The van der Waals surface area contributed by atoms with E-state index in [1.807, 2.05) is 6.07 Å². The highest BCUT2D eigenvalue weighted by atomic mass is 127. The van der Waals surface area contributed by atoms with Crippen molar-refractivity contribution < 1.29 is 4.39 Å². The Balaban J connectivity index is 0.00000312. The SMILES string of the molecule is CCC(C)N(C)CCNC(=NC)NCC1(c2cccc(F)c2)CC1.I. The first-order chi connectivity index (χ1) is 11.5. The number of hydrogen-bond acceptors (Lipinski definition) is 2. The molecule has 2 N–H and O–H groups in total. The lowest BCUT2D eigenvalue weighted by atomic mass is 9.96. The second kappa shape index (κ2) is 10.3. The normalized spacial score (nSPS) is 17.0. The number of likely N-dealkylation sites (N-methyl/N-ethyl adjacent to an activating group) is 1. The minimum absolute atomic E-state index is 0. The van der Waals surface area contributed by atoms with Crippen molar-refractivity contribution in [3.63, 3.8) is 0 Å². The Morgan fingerprint density at radius 3 is 2.64 bits per heavy atom. The molecule has 0 spiro atoms. The Morgan fingerprint density at radius 1 is 1.36 bits per heavy atom. The van der Waals surface area contributed by atoms with Gasteiger partial charge in [0.05, 0.1) is 0 Å². The Labute approximate surface area is 168 Å². The molecule has 0 radical (unpaired) electrons. The van der Waals surface area contributed by atoms with Gasteiger partial charge >= 0.3 is 0 Å². The van der Waals surface area contributed by atoms with Crippen molar-refractivity contribution in [3.8, 4) is 0 Å². The molecule has 25 heavy (non-hydrogen) atoms. The summed E-state index contributed by atoms with van der Waals surface area (Å²) >= 11 is 0. The predicted octanol–water partition coefficient (Wildman–Crippen LogP) is 3.37. The lowest BCUT2D eigenvalue weighted by molar-refractivity contribution is 0.255. The second-order valence-corrected chi connectivity index (χ2v) is 6.88. The molecule has 142 valence electrons. The summed E-state index contributed by atoms with van der Waals surface area (Å²) in [6.07, 6.45) is 3.34. The van der Waals surface area contributed by atoms with Crippen LogP contribution in [0.25, 0.3) is 0 Å². The largest absolute Gasteiger partial charge is 0.356 e. The molecule has 0 aliphatic heterocycles. The van der Waals surface area contributed by atoms with E-state index in [-0.39, 0.29) is 35.2 Å². The molecule has 2 rings (SSSR count). The van der Waals surface area contributed by atoms with Crippen LogP contribution in [0.5, 0.6) is 0 Å². The zero-order valence-electron chi connectivity index (χ0n) is 15.8. The average Bonchev–Trinajstić information content (AvgIpc) is 3.38. The van der Waals surface area contributed by atoms with Gasteiger partial charge in [0, 0.05) is 38.1 Å². The molecule has 0 aromatic heterocycles. The molecule has 0 heterocycles. The number of halogens is 2. The van der Waals surface area contributed by atoms with Crippen molar-refractivity contribution in [2.75, 3.05) is 33.7 Å². The first-order valence-corrected chi connectivity index (χ1v) is 8.91. The van der Waals surface area contributed by atoms with Gasteiger partial charge in [0.1, 0.15) is 5.82 Å². The minimum Gasteiger partial charge on any atom is -0.356 e. The van der Waals surface area contributed by atoms with Crippen molar-refractivity contribution in [1.29, 1.82) is 0 Å². The third-order valence-corrected chi connectivity index (χ3v) is 5.21. The van der Waals surface area contributed by atoms with E-state index in [9.17, 15) is 4.39 Å². The van der Waals surface area contributed by atoms with Crippen LogP contribution in [0.3, 0.4) is 0 Å². The zero-order valence-corrected chi connectivity index (χ0v) is 18.1. The summed E-state index contributed by atoms with van der Waals surface area (Å²) in [7, 11) is 3.94. The number of nitrogens with zero attached hydrogens (tertiary/aromatic N) is 2. The van der Waals surface area contributed by atoms with E-state index in [0.29, 0.717) is 6.04 Å². The van der Waals surface area contributed by atoms with Gasteiger partial charge in [0.25, 0.3) is 0 Å². The third kappa shape index (κ3) is 6.40. The molecule has 6 heteroatoms. The van der Waals surface area contributed by atoms with Crippen LogP contribution < -0.4 is 10.6 Å². The maximum absolute atomic E-state index is 13.5. The van der Waals surface area contributed by atoms with Crippen LogP contribution in [0.4, 0.5) is 4.39 Å². The van der Waals surface area contributed by atoms with Crippen LogP contribution in [-0.2, 0) is 5.41 Å². The van der Waals surface area contributed by atoms with Gasteiger partial charge in [-0.05, 0) is 50.9 Å². The Hall–Kier alpha value is -0.890. The highest BCUT2D eigenvalue weighted by molar-refractivity contribution is 14.0. The van der Waals surface area contributed by atoms with Gasteiger partial charge in [-0.3, -0.25) is 4.99 Å². The minimum atomic E-state index is -0.158. The molecule has 0 saturated heterocycles. The smallest absolute Gasteiger partial charge is 0.191 e. The molecular formula is C19H32FIN4. The highest BCUT2D eigenvalue weighted by Crippen LogP contribution is 2.47. The van der Waals surface area contributed by atoms with E-state index >= 15 is 0 Å². The molecule has 1 aromatic carbocycles. The van der Waals surface area contributed by atoms with Crippen LogP contribution in [0.2, 0.25) is 0 Å². The van der Waals surface area contributed by atoms with Crippen LogP contribution in [0.15, 0.2) is 29.3 Å². The number of benzene rings is 1. The maximum atomic E-state index is 13.5. The molecule has 1 fully saturated rings. The van der Waals surface area contributed by atoms with E-state index in [4.69, 9.17) is 0 Å². The van der Waals surface area contributed by atoms with Crippen molar-refractivity contribution in [1.82, 2.24) is 15.5 Å². The van der Waals surface area contributed by atoms with Crippen molar-refractivity contribution >= 4 is 29.9 Å². The summed E-state index contributed by atoms with van der Waals surface area (Å²) in [5.74, 6) is 0.657. The number of hydrogen-bond donors (Lipinski definition) is 2. The quantitative estimate of drug-likeness (QED) is 0.354. The first-order valence-electron chi connectivity index (χ1n) is 8.91. The highest BCUT2D eigenvalue weighted by Gasteiger charge is 2.44. The molecule has 1 aliphatic carbocycles. The van der Waals surface area contributed by atoms with Crippen molar-refractivity contribution in [3.05, 3.63) is 35.6 Å². The van der Waals surface area contributed by atoms with Crippen molar-refractivity contribution in [2.45, 2.75) is 44.6 Å². The van der Waals surface area contributed by atoms with Crippen molar-refractivity contribution in [2.24, 2.45) is 4.99 Å². The lowest BCUT2D eigenvalue weighted by Gasteiger charge is -2.24. The molecule has 1 aliphatic rings. The van der Waals surface area contributed by atoms with E-state index in [0.717, 1.165) is 50.4 Å². The van der Waals surface area contributed by atoms with Gasteiger partial charge in [0.15, 0.2) is 5.96 Å². The second-order valence-electron chi connectivity index (χ2n) is 6.88. The number of guanidine groups is 1. The molecule has 1 unspecified atom stereocenters. The van der Waals surface area contributed by atoms with Gasteiger partial charge in [-0.1, -0.05) is 19.1 Å². The summed E-state index contributed by atoms with van der Waals surface area (Å²) in [5.41, 5.74) is 1.15. The molecule has 0 bridgehead atoms. The average molecular weight is 462 g/mol. The Morgan fingerprint density at radius 2 is 2.08 bits per heavy atom. The number of aliphatic imine (C=N–C) groups is 1. The standard InChI is InChI=1S/C19H31FN4.HI/c1-5-15(2)24(4)12-11-22-18(21-3)23-14-19(9-10-19)16-7-6-8-17(20)13-16;/h6-8,13,15H,5,9-12,14H2,1-4H3,(H2,21,22,23);1H. The summed E-state index contributed by atoms with van der Waals surface area (Å²) < 4.78 is 13.5. The lowest BCUT2D eigenvalue weighted by Crippen LogP contribution is -2.44. The molecular weight excluding hydrogens is 430 g/mol. The zero-order chi connectivity index (χ0) is 17.6. The van der Waals surface area contributed by atoms with Gasteiger partial charge < -0.3 is 15.5 Å². The summed E-state index contributed by atoms with van der Waals surface area (Å²) in [5, 5.41) is 6.77. The molecule has 0 amide bonds. The first kappa shape index (κ1) is 22.2. The van der Waals surface area contributed by atoms with Gasteiger partial charge in [-0.25, -0.2) is 4.39 Å². The molecule has 1 saturated carbocycles. The summed E-state index contributed by atoms with van der Waals surface area (Å²) in [6.45, 7) is 7.06. The van der Waals surface area contributed by atoms with E-state index in [1.165, 1.54) is 6.07 Å². The molecule has 1 atom stereocenters. The fourth-order valence-corrected chi connectivity index (χ4v) is 2.89. The van der Waals surface area contributed by atoms with E-state index in [1.54, 1.807) is 19.2 Å². The fraction of sp³-hybridized carbons (Fsp3) is 0.632. The van der Waals surface area contributed by atoms with Gasteiger partial charge in [-0.15, -0.1) is 24.0 Å². The number of rotatable bonds is 8. The van der Waals surface area contributed by atoms with E-state index < -0.39 is 0 Å². The molecule has 4 nitrogen and oxygen atoms in total. The van der Waals surface area contributed by atoms with Crippen LogP contribution in [0, 0.1) is 5.82 Å². The van der Waals surface area contributed by atoms with Crippen LogP contribution >= 0.6 is 24.0 Å². The third-order valence-electron chi connectivity index (χ3n) is 5.21. The Kier molecular flexibility index (Phi) is 9.13. The van der Waals surface area contributed by atoms with Gasteiger partial charge in [0.2, 0.25) is 0 Å². The van der Waals surface area contributed by atoms with E-state index in [2.05, 4.69) is 41.4 Å². The molecule has 1 aromatic rings. The maximum Gasteiger partial charge on any atom is 0.191 e.